The number of methoxy groups -OCH3 is 1. The number of aliphatic hydroxyl groups is 1. The average molecular weight is 240 g/mol. The first-order valence-electron chi connectivity index (χ1n) is 5.35. The predicted octanol–water partition coefficient (Wildman–Crippen LogP) is 2.10. The Morgan fingerprint density at radius 1 is 1.35 bits per heavy atom. The number of hydrogen-bond acceptors (Lipinski definition) is 3. The molecule has 0 aromatic heterocycles. The van der Waals surface area contributed by atoms with Gasteiger partial charge in [-0.2, -0.15) is 0 Å². The zero-order chi connectivity index (χ0) is 12.5. The SMILES string of the molecule is COc1ccc(COC/C=C(/CO)CF)cc1. The van der Waals surface area contributed by atoms with Crippen molar-refractivity contribution in [3.63, 3.8) is 0 Å². The Kier molecular flexibility index (Phi) is 6.29. The van der Waals surface area contributed by atoms with Crippen molar-refractivity contribution in [2.75, 3.05) is 27.0 Å². The van der Waals surface area contributed by atoms with Crippen molar-refractivity contribution in [2.24, 2.45) is 0 Å². The maximum atomic E-state index is 12.2. The van der Waals surface area contributed by atoms with Crippen LogP contribution >= 0.6 is 0 Å². The molecule has 0 saturated carbocycles. The molecule has 0 saturated heterocycles. The van der Waals surface area contributed by atoms with Crippen LogP contribution in [0.15, 0.2) is 35.9 Å². The van der Waals surface area contributed by atoms with Crippen molar-refractivity contribution in [3.8, 4) is 5.75 Å². The molecule has 0 bridgehead atoms. The molecule has 94 valence electrons. The lowest BCUT2D eigenvalue weighted by Gasteiger charge is -2.04. The molecule has 0 amide bonds. The van der Waals surface area contributed by atoms with Crippen LogP contribution in [0.5, 0.6) is 5.75 Å². The molecule has 1 aromatic rings. The molecule has 0 spiro atoms. The van der Waals surface area contributed by atoms with E-state index in [9.17, 15) is 4.39 Å². The lowest BCUT2D eigenvalue weighted by Crippen LogP contribution is -1.98. The number of aliphatic hydroxyl groups excluding tert-OH is 1. The van der Waals surface area contributed by atoms with Crippen LogP contribution in [0, 0.1) is 0 Å². The van der Waals surface area contributed by atoms with E-state index >= 15 is 0 Å². The summed E-state index contributed by atoms with van der Waals surface area (Å²) in [4.78, 5) is 0. The van der Waals surface area contributed by atoms with Crippen molar-refractivity contribution in [1.29, 1.82) is 0 Å². The molecule has 4 heteroatoms. The van der Waals surface area contributed by atoms with Crippen molar-refractivity contribution in [1.82, 2.24) is 0 Å². The minimum absolute atomic E-state index is 0.262. The molecule has 0 atom stereocenters. The fourth-order valence-electron chi connectivity index (χ4n) is 1.24. The predicted molar refractivity (Wildman–Crippen MR) is 63.8 cm³/mol. The van der Waals surface area contributed by atoms with Crippen molar-refractivity contribution < 1.29 is 19.0 Å². The second kappa shape index (κ2) is 7.81. The summed E-state index contributed by atoms with van der Waals surface area (Å²) in [5.74, 6) is 0.800. The lowest BCUT2D eigenvalue weighted by molar-refractivity contribution is 0.147. The number of hydrogen-bond donors (Lipinski definition) is 1. The summed E-state index contributed by atoms with van der Waals surface area (Å²) in [7, 11) is 1.61. The summed E-state index contributed by atoms with van der Waals surface area (Å²) in [6, 6.07) is 7.53. The van der Waals surface area contributed by atoms with Gasteiger partial charge in [-0.15, -0.1) is 0 Å². The largest absolute Gasteiger partial charge is 0.497 e. The zero-order valence-corrected chi connectivity index (χ0v) is 9.86. The lowest BCUT2D eigenvalue weighted by atomic mass is 10.2. The van der Waals surface area contributed by atoms with Gasteiger partial charge in [-0.25, -0.2) is 4.39 Å². The minimum atomic E-state index is -0.637. The van der Waals surface area contributed by atoms with Gasteiger partial charge in [0.25, 0.3) is 0 Å². The molecular weight excluding hydrogens is 223 g/mol. The minimum Gasteiger partial charge on any atom is -0.497 e. The second-order valence-electron chi connectivity index (χ2n) is 3.52. The van der Waals surface area contributed by atoms with E-state index in [4.69, 9.17) is 14.6 Å². The van der Waals surface area contributed by atoms with Crippen molar-refractivity contribution in [2.45, 2.75) is 6.61 Å². The summed E-state index contributed by atoms with van der Waals surface area (Å²) in [6.45, 7) is -0.151. The van der Waals surface area contributed by atoms with E-state index in [-0.39, 0.29) is 6.61 Å². The van der Waals surface area contributed by atoms with E-state index in [0.717, 1.165) is 11.3 Å². The monoisotopic (exact) mass is 240 g/mol. The average Bonchev–Trinajstić information content (AvgIpc) is 2.40. The van der Waals surface area contributed by atoms with E-state index < -0.39 is 6.67 Å². The molecule has 0 fully saturated rings. The first-order valence-corrected chi connectivity index (χ1v) is 5.35. The summed E-state index contributed by atoms with van der Waals surface area (Å²) in [5, 5.41) is 8.72. The Balaban J connectivity index is 2.33. The van der Waals surface area contributed by atoms with E-state index in [0.29, 0.717) is 18.8 Å². The van der Waals surface area contributed by atoms with Gasteiger partial charge in [-0.1, -0.05) is 18.2 Å². The normalized spacial score (nSPS) is 11.6. The summed E-state index contributed by atoms with van der Waals surface area (Å²) in [5.41, 5.74) is 1.37. The maximum absolute atomic E-state index is 12.2. The van der Waals surface area contributed by atoms with Gasteiger partial charge in [-0.3, -0.25) is 0 Å². The second-order valence-corrected chi connectivity index (χ2v) is 3.52. The van der Waals surface area contributed by atoms with E-state index in [2.05, 4.69) is 0 Å². The summed E-state index contributed by atoms with van der Waals surface area (Å²) in [6.07, 6.45) is 1.56. The molecule has 0 aliphatic rings. The number of rotatable bonds is 7. The van der Waals surface area contributed by atoms with Crippen LogP contribution in [0.3, 0.4) is 0 Å². The Labute approximate surface area is 100 Å². The molecule has 0 heterocycles. The highest BCUT2D eigenvalue weighted by atomic mass is 19.1. The number of ether oxygens (including phenoxy) is 2. The zero-order valence-electron chi connectivity index (χ0n) is 9.86. The molecule has 1 N–H and O–H groups in total. The van der Waals surface area contributed by atoms with Crippen LogP contribution in [0.4, 0.5) is 4.39 Å². The van der Waals surface area contributed by atoms with Crippen LogP contribution in [-0.4, -0.2) is 32.1 Å². The Hall–Kier alpha value is -1.39. The number of benzene rings is 1. The molecule has 17 heavy (non-hydrogen) atoms. The van der Waals surface area contributed by atoms with Crippen LogP contribution in [0.1, 0.15) is 5.56 Å². The van der Waals surface area contributed by atoms with E-state index in [1.807, 2.05) is 24.3 Å². The maximum Gasteiger partial charge on any atom is 0.118 e. The van der Waals surface area contributed by atoms with Gasteiger partial charge >= 0.3 is 0 Å². The fourth-order valence-corrected chi connectivity index (χ4v) is 1.24. The fraction of sp³-hybridized carbons (Fsp3) is 0.385. The number of alkyl halides is 1. The van der Waals surface area contributed by atoms with Gasteiger partial charge in [-0.05, 0) is 23.3 Å². The molecule has 0 aliphatic heterocycles. The molecule has 3 nitrogen and oxygen atoms in total. The van der Waals surface area contributed by atoms with Gasteiger partial charge in [0, 0.05) is 0 Å². The quantitative estimate of drug-likeness (QED) is 0.586. The highest BCUT2D eigenvalue weighted by Crippen LogP contribution is 2.11. The van der Waals surface area contributed by atoms with Crippen LogP contribution in [-0.2, 0) is 11.3 Å². The Bertz CT molecular complexity index is 340. The smallest absolute Gasteiger partial charge is 0.118 e. The Morgan fingerprint density at radius 3 is 2.59 bits per heavy atom. The topological polar surface area (TPSA) is 38.7 Å². The molecule has 0 unspecified atom stereocenters. The third-order valence-electron chi connectivity index (χ3n) is 2.29. The third-order valence-corrected chi connectivity index (χ3v) is 2.29. The number of halogens is 1. The van der Waals surface area contributed by atoms with E-state index in [1.165, 1.54) is 0 Å². The highest BCUT2D eigenvalue weighted by molar-refractivity contribution is 5.26. The van der Waals surface area contributed by atoms with Crippen LogP contribution in [0.2, 0.25) is 0 Å². The summed E-state index contributed by atoms with van der Waals surface area (Å²) < 4.78 is 22.6. The molecule has 1 aromatic carbocycles. The molecule has 0 radical (unpaired) electrons. The van der Waals surface area contributed by atoms with Gasteiger partial charge in [0.05, 0.1) is 26.9 Å². The summed E-state index contributed by atoms with van der Waals surface area (Å²) >= 11 is 0. The Morgan fingerprint density at radius 2 is 2.06 bits per heavy atom. The van der Waals surface area contributed by atoms with Gasteiger partial charge in [0.2, 0.25) is 0 Å². The third kappa shape index (κ3) is 4.97. The van der Waals surface area contributed by atoms with Crippen molar-refractivity contribution in [3.05, 3.63) is 41.5 Å². The standard InChI is InChI=1S/C13H17FO3/c1-16-13-4-2-11(3-5-13)10-17-7-6-12(8-14)9-15/h2-6,15H,7-10H2,1H3/b12-6+. The molecule has 0 aliphatic carbocycles. The first-order chi connectivity index (χ1) is 8.30. The van der Waals surface area contributed by atoms with Crippen LogP contribution in [0.25, 0.3) is 0 Å². The first kappa shape index (κ1) is 13.7. The highest BCUT2D eigenvalue weighted by Gasteiger charge is 1.96. The van der Waals surface area contributed by atoms with Gasteiger partial charge in [0.1, 0.15) is 12.4 Å². The molecular formula is C13H17FO3. The van der Waals surface area contributed by atoms with Gasteiger partial charge < -0.3 is 14.6 Å². The van der Waals surface area contributed by atoms with Crippen molar-refractivity contribution >= 4 is 0 Å². The molecule has 1 rings (SSSR count). The van der Waals surface area contributed by atoms with E-state index in [1.54, 1.807) is 13.2 Å². The van der Waals surface area contributed by atoms with Gasteiger partial charge in [0.15, 0.2) is 0 Å². The van der Waals surface area contributed by atoms with Crippen LogP contribution < -0.4 is 4.74 Å².